The monoisotopic (exact) mass is 289 g/mol. The van der Waals surface area contributed by atoms with Crippen molar-refractivity contribution in [3.63, 3.8) is 0 Å². The lowest BCUT2D eigenvalue weighted by molar-refractivity contribution is -0.136. The number of aliphatic carboxylic acids is 1. The summed E-state index contributed by atoms with van der Waals surface area (Å²) in [5.74, 6) is 0.233. The van der Waals surface area contributed by atoms with E-state index in [4.69, 9.17) is 5.11 Å². The number of carboxylic acids is 1. The first-order valence-corrected chi connectivity index (χ1v) is 7.63. The topological polar surface area (TPSA) is 57.6 Å². The molecule has 0 radical (unpaired) electrons. The SMILES string of the molecule is CC(C)CC(C(=O)N(C)C)C(C)(C)SCCC(=O)O. The number of amides is 1. The molecule has 0 aliphatic carbocycles. The van der Waals surface area contributed by atoms with Crippen LogP contribution in [0.4, 0.5) is 0 Å². The summed E-state index contributed by atoms with van der Waals surface area (Å²) < 4.78 is -0.249. The predicted molar refractivity (Wildman–Crippen MR) is 80.4 cm³/mol. The fraction of sp³-hybridized carbons (Fsp3) is 0.857. The van der Waals surface area contributed by atoms with Crippen molar-refractivity contribution in [3.05, 3.63) is 0 Å². The molecule has 4 nitrogen and oxygen atoms in total. The molecule has 0 aliphatic heterocycles. The molecule has 0 fully saturated rings. The van der Waals surface area contributed by atoms with Crippen LogP contribution in [0.2, 0.25) is 0 Å². The Hall–Kier alpha value is -0.710. The molecular formula is C14H27NO3S. The van der Waals surface area contributed by atoms with Crippen LogP contribution in [0.3, 0.4) is 0 Å². The lowest BCUT2D eigenvalue weighted by Crippen LogP contribution is -2.41. The maximum atomic E-state index is 12.3. The van der Waals surface area contributed by atoms with Gasteiger partial charge in [0.15, 0.2) is 0 Å². The number of carbonyl (C=O) groups is 2. The lowest BCUT2D eigenvalue weighted by Gasteiger charge is -2.35. The number of thioether (sulfide) groups is 1. The van der Waals surface area contributed by atoms with Crippen molar-refractivity contribution >= 4 is 23.6 Å². The zero-order valence-electron chi connectivity index (χ0n) is 12.9. The number of carboxylic acid groups (broad SMARTS) is 1. The minimum atomic E-state index is -0.789. The van der Waals surface area contributed by atoms with Crippen LogP contribution in [0.1, 0.15) is 40.5 Å². The maximum absolute atomic E-state index is 12.3. The first-order valence-electron chi connectivity index (χ1n) is 6.64. The lowest BCUT2D eigenvalue weighted by atomic mass is 9.86. The number of hydrogen-bond acceptors (Lipinski definition) is 3. The summed E-state index contributed by atoms with van der Waals surface area (Å²) in [4.78, 5) is 24.5. The molecule has 0 rings (SSSR count). The zero-order chi connectivity index (χ0) is 15.2. The van der Waals surface area contributed by atoms with Crippen LogP contribution in [0.5, 0.6) is 0 Å². The van der Waals surface area contributed by atoms with Crippen LogP contribution in [0, 0.1) is 11.8 Å². The Kier molecular flexibility index (Phi) is 7.49. The summed E-state index contributed by atoms with van der Waals surface area (Å²) in [5.41, 5.74) is 0. The molecule has 0 bridgehead atoms. The molecule has 0 heterocycles. The molecule has 0 aromatic heterocycles. The Morgan fingerprint density at radius 1 is 1.26 bits per heavy atom. The molecule has 0 saturated carbocycles. The van der Waals surface area contributed by atoms with Gasteiger partial charge < -0.3 is 10.0 Å². The summed E-state index contributed by atoms with van der Waals surface area (Å²) >= 11 is 1.57. The van der Waals surface area contributed by atoms with Crippen molar-refractivity contribution in [1.29, 1.82) is 0 Å². The summed E-state index contributed by atoms with van der Waals surface area (Å²) in [6, 6.07) is 0. The van der Waals surface area contributed by atoms with E-state index in [1.54, 1.807) is 30.8 Å². The Labute approximate surface area is 120 Å². The van der Waals surface area contributed by atoms with Crippen molar-refractivity contribution in [3.8, 4) is 0 Å². The molecule has 1 amide bonds. The molecule has 0 saturated heterocycles. The third kappa shape index (κ3) is 6.85. The average Bonchev–Trinajstić information content (AvgIpc) is 2.23. The Morgan fingerprint density at radius 2 is 1.79 bits per heavy atom. The minimum Gasteiger partial charge on any atom is -0.481 e. The first-order chi connectivity index (χ1) is 8.58. The van der Waals surface area contributed by atoms with Gasteiger partial charge in [-0.3, -0.25) is 9.59 Å². The molecule has 0 aromatic carbocycles. The van der Waals surface area contributed by atoms with Crippen molar-refractivity contribution in [2.24, 2.45) is 11.8 Å². The highest BCUT2D eigenvalue weighted by Crippen LogP contribution is 2.37. The van der Waals surface area contributed by atoms with E-state index in [0.717, 1.165) is 6.42 Å². The van der Waals surface area contributed by atoms with Gasteiger partial charge in [0.2, 0.25) is 5.91 Å². The van der Waals surface area contributed by atoms with Crippen molar-refractivity contribution in [2.45, 2.75) is 45.3 Å². The number of hydrogen-bond donors (Lipinski definition) is 1. The molecule has 1 unspecified atom stereocenters. The van der Waals surface area contributed by atoms with E-state index in [2.05, 4.69) is 13.8 Å². The van der Waals surface area contributed by atoms with E-state index < -0.39 is 5.97 Å². The second-order valence-electron chi connectivity index (χ2n) is 6.01. The van der Waals surface area contributed by atoms with Crippen LogP contribution in [-0.4, -0.2) is 46.5 Å². The van der Waals surface area contributed by atoms with E-state index >= 15 is 0 Å². The van der Waals surface area contributed by atoms with Crippen LogP contribution in [-0.2, 0) is 9.59 Å². The van der Waals surface area contributed by atoms with E-state index in [1.807, 2.05) is 13.8 Å². The summed E-state index contributed by atoms with van der Waals surface area (Å²) in [5, 5.41) is 8.70. The third-order valence-electron chi connectivity index (χ3n) is 3.08. The highest BCUT2D eigenvalue weighted by atomic mass is 32.2. The highest BCUT2D eigenvalue weighted by Gasteiger charge is 2.36. The van der Waals surface area contributed by atoms with Crippen LogP contribution >= 0.6 is 11.8 Å². The molecule has 112 valence electrons. The van der Waals surface area contributed by atoms with Gasteiger partial charge in [0, 0.05) is 24.6 Å². The second kappa shape index (κ2) is 7.78. The van der Waals surface area contributed by atoms with Gasteiger partial charge in [-0.25, -0.2) is 0 Å². The van der Waals surface area contributed by atoms with E-state index in [9.17, 15) is 9.59 Å². The minimum absolute atomic E-state index is 0.0821. The molecule has 0 aliphatic rings. The van der Waals surface area contributed by atoms with Crippen molar-refractivity contribution < 1.29 is 14.7 Å². The zero-order valence-corrected chi connectivity index (χ0v) is 13.7. The smallest absolute Gasteiger partial charge is 0.304 e. The quantitative estimate of drug-likeness (QED) is 0.746. The van der Waals surface area contributed by atoms with Gasteiger partial charge in [-0.05, 0) is 26.2 Å². The Morgan fingerprint density at radius 3 is 2.16 bits per heavy atom. The second-order valence-corrected chi connectivity index (χ2v) is 7.76. The van der Waals surface area contributed by atoms with Gasteiger partial charge in [-0.15, -0.1) is 0 Å². The van der Waals surface area contributed by atoms with Gasteiger partial charge in [0.1, 0.15) is 0 Å². The Bertz CT molecular complexity index is 314. The van der Waals surface area contributed by atoms with Crippen LogP contribution < -0.4 is 0 Å². The van der Waals surface area contributed by atoms with Crippen molar-refractivity contribution in [1.82, 2.24) is 4.90 Å². The number of nitrogens with zero attached hydrogens (tertiary/aromatic N) is 1. The molecule has 1 atom stereocenters. The summed E-state index contributed by atoms with van der Waals surface area (Å²) in [6.45, 7) is 8.28. The fourth-order valence-electron chi connectivity index (χ4n) is 1.97. The van der Waals surface area contributed by atoms with Gasteiger partial charge in [-0.1, -0.05) is 13.8 Å². The molecular weight excluding hydrogens is 262 g/mol. The molecule has 5 heteroatoms. The van der Waals surface area contributed by atoms with Gasteiger partial charge in [0.05, 0.1) is 12.3 Å². The highest BCUT2D eigenvalue weighted by molar-refractivity contribution is 8.00. The van der Waals surface area contributed by atoms with Crippen LogP contribution in [0.15, 0.2) is 0 Å². The molecule has 1 N–H and O–H groups in total. The Balaban J connectivity index is 4.80. The first kappa shape index (κ1) is 18.3. The van der Waals surface area contributed by atoms with Crippen LogP contribution in [0.25, 0.3) is 0 Å². The molecule has 0 spiro atoms. The molecule has 0 aromatic rings. The van der Waals surface area contributed by atoms with Crippen molar-refractivity contribution in [2.75, 3.05) is 19.8 Å². The van der Waals surface area contributed by atoms with Gasteiger partial charge in [-0.2, -0.15) is 11.8 Å². The number of carbonyl (C=O) groups excluding carboxylic acids is 1. The standard InChI is InChI=1S/C14H27NO3S/c1-10(2)9-11(13(18)15(5)6)14(3,4)19-8-7-12(16)17/h10-11H,7-9H2,1-6H3,(H,16,17). The van der Waals surface area contributed by atoms with Gasteiger partial charge >= 0.3 is 5.97 Å². The normalized spacial score (nSPS) is 13.4. The van der Waals surface area contributed by atoms with E-state index in [1.165, 1.54) is 0 Å². The summed E-state index contributed by atoms with van der Waals surface area (Å²) in [6.07, 6.45) is 0.961. The predicted octanol–water partition coefficient (Wildman–Crippen LogP) is 2.72. The largest absolute Gasteiger partial charge is 0.481 e. The average molecular weight is 289 g/mol. The fourth-order valence-corrected chi connectivity index (χ4v) is 3.17. The molecule has 19 heavy (non-hydrogen) atoms. The third-order valence-corrected chi connectivity index (χ3v) is 4.51. The van der Waals surface area contributed by atoms with Gasteiger partial charge in [0.25, 0.3) is 0 Å². The van der Waals surface area contributed by atoms with E-state index in [0.29, 0.717) is 11.7 Å². The maximum Gasteiger partial charge on any atom is 0.304 e. The summed E-state index contributed by atoms with van der Waals surface area (Å²) in [7, 11) is 3.54. The number of rotatable bonds is 8. The van der Waals surface area contributed by atoms with E-state index in [-0.39, 0.29) is 23.0 Å².